The number of non-ortho nitro benzene ring substituents is 1. The molecular weight excluding hydrogens is 352 g/mol. The van der Waals surface area contributed by atoms with Crippen LogP contribution in [-0.2, 0) is 6.54 Å². The van der Waals surface area contributed by atoms with E-state index in [0.29, 0.717) is 16.5 Å². The van der Waals surface area contributed by atoms with Crippen LogP contribution in [0.3, 0.4) is 0 Å². The van der Waals surface area contributed by atoms with Crippen LogP contribution in [0.5, 0.6) is 0 Å². The lowest BCUT2D eigenvalue weighted by Gasteiger charge is -2.11. The molecule has 0 aliphatic heterocycles. The van der Waals surface area contributed by atoms with Gasteiger partial charge in [-0.25, -0.2) is 4.98 Å². The monoisotopic (exact) mass is 368 g/mol. The smallest absolute Gasteiger partial charge is 0.269 e. The summed E-state index contributed by atoms with van der Waals surface area (Å²) in [6.45, 7) is 0.220. The van der Waals surface area contributed by atoms with Gasteiger partial charge in [0.2, 0.25) is 0 Å². The molecule has 1 heterocycles. The van der Waals surface area contributed by atoms with Crippen LogP contribution >= 0.6 is 11.8 Å². The van der Waals surface area contributed by atoms with Crippen LogP contribution in [0.4, 0.5) is 5.69 Å². The topological polar surface area (TPSA) is 109 Å². The van der Waals surface area contributed by atoms with Gasteiger partial charge in [-0.3, -0.25) is 14.9 Å². The number of pyridine rings is 1. The number of aromatic nitrogens is 1. The van der Waals surface area contributed by atoms with Crippen molar-refractivity contribution in [1.29, 1.82) is 5.26 Å². The fraction of sp³-hybridized carbons (Fsp3) is 0.278. The molecular formula is C18H16N4O3S. The number of carbonyl (C=O) groups excluding carboxylic acids is 1. The second kappa shape index (κ2) is 7.54. The zero-order chi connectivity index (χ0) is 18.7. The van der Waals surface area contributed by atoms with E-state index in [-0.39, 0.29) is 23.7 Å². The number of nitrogens with one attached hydrogen (secondary N) is 1. The number of nitriles is 1. The van der Waals surface area contributed by atoms with E-state index in [4.69, 9.17) is 0 Å². The molecule has 1 N–H and O–H groups in total. The maximum atomic E-state index is 12.6. The Balaban J connectivity index is 1.79. The number of nitro benzene ring substituents is 1. The Morgan fingerprint density at radius 3 is 2.65 bits per heavy atom. The average molecular weight is 368 g/mol. The van der Waals surface area contributed by atoms with Gasteiger partial charge >= 0.3 is 0 Å². The highest BCUT2D eigenvalue weighted by molar-refractivity contribution is 7.98. The maximum Gasteiger partial charge on any atom is 0.269 e. The molecule has 2 aromatic rings. The summed E-state index contributed by atoms with van der Waals surface area (Å²) in [6, 6.07) is 9.77. The van der Waals surface area contributed by atoms with Crippen molar-refractivity contribution >= 4 is 23.4 Å². The highest BCUT2D eigenvalue weighted by Crippen LogP contribution is 2.40. The molecule has 3 rings (SSSR count). The molecule has 0 atom stereocenters. The largest absolute Gasteiger partial charge is 0.348 e. The molecule has 1 saturated carbocycles. The summed E-state index contributed by atoms with van der Waals surface area (Å²) in [4.78, 5) is 27.4. The Hall–Kier alpha value is -2.92. The zero-order valence-electron chi connectivity index (χ0n) is 14.1. The van der Waals surface area contributed by atoms with E-state index in [1.165, 1.54) is 23.9 Å². The normalized spacial score (nSPS) is 13.1. The zero-order valence-corrected chi connectivity index (χ0v) is 14.9. The molecule has 1 aliphatic carbocycles. The lowest BCUT2D eigenvalue weighted by Crippen LogP contribution is -2.24. The summed E-state index contributed by atoms with van der Waals surface area (Å²) in [5.74, 6) is 0.0226. The summed E-state index contributed by atoms with van der Waals surface area (Å²) >= 11 is 1.35. The Bertz CT molecular complexity index is 902. The Labute approximate surface area is 154 Å². The van der Waals surface area contributed by atoms with Crippen molar-refractivity contribution in [2.45, 2.75) is 30.3 Å². The van der Waals surface area contributed by atoms with E-state index in [0.717, 1.165) is 24.1 Å². The fourth-order valence-electron chi connectivity index (χ4n) is 2.58. The van der Waals surface area contributed by atoms with E-state index in [2.05, 4.69) is 16.4 Å². The first-order chi connectivity index (χ1) is 12.5. The molecule has 1 fully saturated rings. The van der Waals surface area contributed by atoms with Crippen LogP contribution in [0.1, 0.15) is 45.9 Å². The number of hydrogen-bond donors (Lipinski definition) is 1. The second-order valence-electron chi connectivity index (χ2n) is 5.97. The Morgan fingerprint density at radius 2 is 2.12 bits per heavy atom. The summed E-state index contributed by atoms with van der Waals surface area (Å²) < 4.78 is 0. The van der Waals surface area contributed by atoms with E-state index >= 15 is 0 Å². The second-order valence-corrected chi connectivity index (χ2v) is 6.77. The first-order valence-electron chi connectivity index (χ1n) is 8.04. The molecule has 0 spiro atoms. The van der Waals surface area contributed by atoms with Gasteiger partial charge in [-0.2, -0.15) is 5.26 Å². The number of thioether (sulfide) groups is 1. The van der Waals surface area contributed by atoms with Gasteiger partial charge in [0, 0.05) is 30.3 Å². The van der Waals surface area contributed by atoms with Crippen LogP contribution < -0.4 is 5.32 Å². The van der Waals surface area contributed by atoms with Crippen molar-refractivity contribution in [3.63, 3.8) is 0 Å². The quantitative estimate of drug-likeness (QED) is 0.475. The van der Waals surface area contributed by atoms with Crippen LogP contribution in [0, 0.1) is 21.4 Å². The molecule has 8 heteroatoms. The van der Waals surface area contributed by atoms with Crippen LogP contribution in [0.15, 0.2) is 35.4 Å². The van der Waals surface area contributed by atoms with E-state index in [1.54, 1.807) is 18.2 Å². The molecule has 1 aromatic carbocycles. The van der Waals surface area contributed by atoms with E-state index in [9.17, 15) is 20.2 Å². The predicted octanol–water partition coefficient (Wildman–Crippen LogP) is 3.39. The van der Waals surface area contributed by atoms with Gasteiger partial charge in [-0.1, -0.05) is 12.1 Å². The number of amides is 1. The first-order valence-corrected chi connectivity index (χ1v) is 9.26. The summed E-state index contributed by atoms with van der Waals surface area (Å²) in [6.07, 6.45) is 3.94. The van der Waals surface area contributed by atoms with Crippen LogP contribution in [0.25, 0.3) is 0 Å². The third-order valence-electron chi connectivity index (χ3n) is 4.15. The Kier molecular flexibility index (Phi) is 5.19. The summed E-state index contributed by atoms with van der Waals surface area (Å²) in [7, 11) is 0. The van der Waals surface area contributed by atoms with Gasteiger partial charge in [0.25, 0.3) is 11.6 Å². The van der Waals surface area contributed by atoms with Crippen LogP contribution in [0.2, 0.25) is 0 Å². The molecule has 0 saturated heterocycles. The third-order valence-corrected chi connectivity index (χ3v) is 4.83. The Morgan fingerprint density at radius 1 is 1.42 bits per heavy atom. The molecule has 7 nitrogen and oxygen atoms in total. The minimum absolute atomic E-state index is 0.000311. The number of carbonyl (C=O) groups is 1. The maximum absolute atomic E-state index is 12.6. The minimum atomic E-state index is -0.470. The van der Waals surface area contributed by atoms with Crippen molar-refractivity contribution in [3.05, 3.63) is 62.8 Å². The predicted molar refractivity (Wildman–Crippen MR) is 97.0 cm³/mol. The molecule has 0 unspecified atom stereocenters. The van der Waals surface area contributed by atoms with E-state index < -0.39 is 4.92 Å². The highest BCUT2D eigenvalue weighted by Gasteiger charge is 2.28. The molecule has 1 aliphatic rings. The molecule has 0 radical (unpaired) electrons. The van der Waals surface area contributed by atoms with Gasteiger partial charge < -0.3 is 5.32 Å². The fourth-order valence-corrected chi connectivity index (χ4v) is 3.13. The SMILES string of the molecule is CSc1nc(C2CC2)cc(C(=O)NCc2ccc([N+](=O)[O-])cc2)c1C#N. The molecule has 0 bridgehead atoms. The van der Waals surface area contributed by atoms with Crippen molar-refractivity contribution < 1.29 is 9.72 Å². The van der Waals surface area contributed by atoms with Gasteiger partial charge in [0.15, 0.2) is 0 Å². The summed E-state index contributed by atoms with van der Waals surface area (Å²) in [5.41, 5.74) is 2.20. The molecule has 132 valence electrons. The average Bonchev–Trinajstić information content (AvgIpc) is 3.50. The van der Waals surface area contributed by atoms with Crippen molar-refractivity contribution in [1.82, 2.24) is 10.3 Å². The molecule has 1 aromatic heterocycles. The van der Waals surface area contributed by atoms with Crippen molar-refractivity contribution in [2.75, 3.05) is 6.26 Å². The number of nitro groups is 1. The highest BCUT2D eigenvalue weighted by atomic mass is 32.2. The van der Waals surface area contributed by atoms with Gasteiger partial charge in [-0.05, 0) is 30.7 Å². The van der Waals surface area contributed by atoms with Crippen molar-refractivity contribution in [2.24, 2.45) is 0 Å². The number of hydrogen-bond acceptors (Lipinski definition) is 6. The van der Waals surface area contributed by atoms with Crippen molar-refractivity contribution in [3.8, 4) is 6.07 Å². The first kappa shape index (κ1) is 17.9. The number of nitrogens with zero attached hydrogens (tertiary/aromatic N) is 3. The number of benzene rings is 1. The lowest BCUT2D eigenvalue weighted by atomic mass is 10.1. The van der Waals surface area contributed by atoms with Gasteiger partial charge in [0.05, 0.1) is 16.1 Å². The lowest BCUT2D eigenvalue weighted by molar-refractivity contribution is -0.384. The van der Waals surface area contributed by atoms with Crippen LogP contribution in [-0.4, -0.2) is 22.1 Å². The van der Waals surface area contributed by atoms with E-state index in [1.807, 2.05) is 6.26 Å². The summed E-state index contributed by atoms with van der Waals surface area (Å²) in [5, 5.41) is 23.5. The molecule has 26 heavy (non-hydrogen) atoms. The standard InChI is InChI=1S/C18H16N4O3S/c1-26-18-15(9-19)14(8-16(21-18)12-4-5-12)17(23)20-10-11-2-6-13(7-3-11)22(24)25/h2-3,6-8,12H,4-5,10H2,1H3,(H,20,23). The minimum Gasteiger partial charge on any atom is -0.348 e. The van der Waals surface area contributed by atoms with Gasteiger partial charge in [0.1, 0.15) is 11.1 Å². The van der Waals surface area contributed by atoms with Gasteiger partial charge in [-0.15, -0.1) is 11.8 Å². The third kappa shape index (κ3) is 3.83. The molecule has 1 amide bonds. The number of rotatable bonds is 6.